The van der Waals surface area contributed by atoms with Crippen LogP contribution in [0.25, 0.3) is 0 Å². The molecule has 0 rings (SSSR count). The molecule has 0 aromatic heterocycles. The van der Waals surface area contributed by atoms with E-state index in [1.807, 2.05) is 13.8 Å². The molecule has 0 N–H and O–H groups in total. The summed E-state index contributed by atoms with van der Waals surface area (Å²) in [5.74, 6) is 0. The molecule has 59 valence electrons. The lowest BCUT2D eigenvalue weighted by Crippen LogP contribution is -2.33. The summed E-state index contributed by atoms with van der Waals surface area (Å²) in [6, 6.07) is -0.107. The predicted molar refractivity (Wildman–Crippen MR) is 41.0 cm³/mol. The molecule has 3 heteroatoms. The minimum atomic E-state index is -0.107. The summed E-state index contributed by atoms with van der Waals surface area (Å²) in [7, 11) is 1.77. The molecule has 0 aromatic carbocycles. The van der Waals surface area contributed by atoms with E-state index < -0.39 is 0 Å². The normalized spacial score (nSPS) is 9.10. The molecule has 0 bridgehead atoms. The third-order valence-corrected chi connectivity index (χ3v) is 1.18. The Hall–Kier alpha value is -0.730. The van der Waals surface area contributed by atoms with Crippen molar-refractivity contribution < 1.29 is 4.79 Å². The van der Waals surface area contributed by atoms with Crippen molar-refractivity contribution >= 4 is 6.03 Å². The molecule has 0 saturated carbocycles. The van der Waals surface area contributed by atoms with E-state index in [0.717, 1.165) is 13.0 Å². The van der Waals surface area contributed by atoms with Crippen LogP contribution in [0.15, 0.2) is 0 Å². The Labute approximate surface area is 62.4 Å². The van der Waals surface area contributed by atoms with Crippen LogP contribution >= 0.6 is 0 Å². The Morgan fingerprint density at radius 2 is 2.10 bits per heavy atom. The van der Waals surface area contributed by atoms with Crippen LogP contribution in [0.2, 0.25) is 0 Å². The Morgan fingerprint density at radius 1 is 1.50 bits per heavy atom. The number of urea groups is 1. The molecule has 2 amide bonds. The van der Waals surface area contributed by atoms with Gasteiger partial charge in [0.25, 0.3) is 0 Å². The van der Waals surface area contributed by atoms with Gasteiger partial charge in [-0.15, -0.1) is 0 Å². The summed E-state index contributed by atoms with van der Waals surface area (Å²) in [6.07, 6.45) is 0.988. The number of carbonyl (C=O) groups is 1. The minimum absolute atomic E-state index is 0.107. The van der Waals surface area contributed by atoms with Gasteiger partial charge in [0.15, 0.2) is 0 Å². The number of rotatable bonds is 3. The van der Waals surface area contributed by atoms with Gasteiger partial charge in [0, 0.05) is 20.1 Å². The summed E-state index contributed by atoms with van der Waals surface area (Å²) >= 11 is 0. The average Bonchev–Trinajstić information content (AvgIpc) is 1.89. The third kappa shape index (κ3) is 3.33. The van der Waals surface area contributed by atoms with E-state index in [1.54, 1.807) is 11.9 Å². The second-order valence-electron chi connectivity index (χ2n) is 2.18. The fourth-order valence-electron chi connectivity index (χ4n) is 0.687. The van der Waals surface area contributed by atoms with Gasteiger partial charge >= 0.3 is 6.03 Å². The highest BCUT2D eigenvalue weighted by atomic mass is 16.2. The van der Waals surface area contributed by atoms with E-state index in [2.05, 4.69) is 5.32 Å². The van der Waals surface area contributed by atoms with Crippen molar-refractivity contribution in [2.75, 3.05) is 20.1 Å². The fourth-order valence-corrected chi connectivity index (χ4v) is 0.687. The second kappa shape index (κ2) is 5.09. The largest absolute Gasteiger partial charge is 0.338 e. The van der Waals surface area contributed by atoms with Crippen molar-refractivity contribution in [1.82, 2.24) is 10.2 Å². The molecule has 0 heterocycles. The summed E-state index contributed by atoms with van der Waals surface area (Å²) in [4.78, 5) is 12.5. The van der Waals surface area contributed by atoms with Crippen LogP contribution in [-0.4, -0.2) is 31.1 Å². The number of amides is 2. The number of nitrogens with zero attached hydrogens (tertiary/aromatic N) is 2. The van der Waals surface area contributed by atoms with Gasteiger partial charge in [-0.2, -0.15) is 0 Å². The molecule has 0 aliphatic carbocycles. The van der Waals surface area contributed by atoms with Gasteiger partial charge in [-0.05, 0) is 13.3 Å². The molecule has 1 radical (unpaired) electrons. The van der Waals surface area contributed by atoms with Crippen LogP contribution in [0.5, 0.6) is 0 Å². The van der Waals surface area contributed by atoms with Crippen LogP contribution in [0, 0.1) is 0 Å². The molecule has 0 saturated heterocycles. The van der Waals surface area contributed by atoms with Crippen molar-refractivity contribution in [2.45, 2.75) is 20.3 Å². The zero-order valence-corrected chi connectivity index (χ0v) is 6.92. The molecule has 0 unspecified atom stereocenters. The molecular weight excluding hydrogens is 128 g/mol. The van der Waals surface area contributed by atoms with E-state index in [4.69, 9.17) is 0 Å². The summed E-state index contributed by atoms with van der Waals surface area (Å²) in [5, 5.41) is 3.73. The maximum atomic E-state index is 10.9. The lowest BCUT2D eigenvalue weighted by atomic mass is 10.4. The maximum absolute atomic E-state index is 10.9. The molecule has 0 atom stereocenters. The monoisotopic (exact) mass is 143 g/mol. The van der Waals surface area contributed by atoms with Crippen LogP contribution in [-0.2, 0) is 0 Å². The van der Waals surface area contributed by atoms with Crippen molar-refractivity contribution in [3.8, 4) is 0 Å². The fraction of sp³-hybridized carbons (Fsp3) is 0.857. The lowest BCUT2D eigenvalue weighted by Gasteiger charge is -2.13. The first-order valence-electron chi connectivity index (χ1n) is 3.65. The van der Waals surface area contributed by atoms with E-state index in [-0.39, 0.29) is 6.03 Å². The molecule has 3 nitrogen and oxygen atoms in total. The van der Waals surface area contributed by atoms with Crippen molar-refractivity contribution in [2.24, 2.45) is 0 Å². The Bertz CT molecular complexity index is 104. The maximum Gasteiger partial charge on any atom is 0.338 e. The lowest BCUT2D eigenvalue weighted by molar-refractivity contribution is 0.208. The van der Waals surface area contributed by atoms with Crippen LogP contribution in [0.4, 0.5) is 4.79 Å². The SMILES string of the molecule is CCCN(C)C(=O)[N]CC. The standard InChI is InChI=1S/C7H15N2O/c1-4-6-9(3)7(10)8-5-2/h4-6H2,1-3H3. The summed E-state index contributed by atoms with van der Waals surface area (Å²) in [6.45, 7) is 5.27. The molecule has 0 aliphatic heterocycles. The number of carbonyl (C=O) groups excluding carboxylic acids is 1. The van der Waals surface area contributed by atoms with Gasteiger partial charge in [-0.3, -0.25) is 0 Å². The van der Waals surface area contributed by atoms with E-state index in [1.165, 1.54) is 0 Å². The van der Waals surface area contributed by atoms with Gasteiger partial charge in [0.05, 0.1) is 0 Å². The highest BCUT2D eigenvalue weighted by molar-refractivity contribution is 5.73. The van der Waals surface area contributed by atoms with E-state index >= 15 is 0 Å². The molecule has 10 heavy (non-hydrogen) atoms. The molecular formula is C7H15N2O. The van der Waals surface area contributed by atoms with Crippen molar-refractivity contribution in [3.05, 3.63) is 0 Å². The quantitative estimate of drug-likeness (QED) is 0.582. The van der Waals surface area contributed by atoms with Gasteiger partial charge in [0.1, 0.15) is 0 Å². The van der Waals surface area contributed by atoms with Gasteiger partial charge in [-0.25, -0.2) is 10.1 Å². The average molecular weight is 143 g/mol. The second-order valence-corrected chi connectivity index (χ2v) is 2.18. The summed E-state index contributed by atoms with van der Waals surface area (Å²) < 4.78 is 0. The molecule has 0 spiro atoms. The van der Waals surface area contributed by atoms with Gasteiger partial charge < -0.3 is 4.90 Å². The van der Waals surface area contributed by atoms with Gasteiger partial charge in [0.2, 0.25) is 0 Å². The first-order chi connectivity index (χ1) is 4.72. The van der Waals surface area contributed by atoms with Crippen molar-refractivity contribution in [3.63, 3.8) is 0 Å². The summed E-state index contributed by atoms with van der Waals surface area (Å²) in [5.41, 5.74) is 0. The highest BCUT2D eigenvalue weighted by Gasteiger charge is 2.05. The highest BCUT2D eigenvalue weighted by Crippen LogP contribution is 1.87. The predicted octanol–water partition coefficient (Wildman–Crippen LogP) is 1.07. The first kappa shape index (κ1) is 9.27. The van der Waals surface area contributed by atoms with E-state index in [0.29, 0.717) is 6.54 Å². The topological polar surface area (TPSA) is 34.4 Å². The molecule has 0 aliphatic rings. The Balaban J connectivity index is 3.49. The minimum Gasteiger partial charge on any atom is -0.326 e. The van der Waals surface area contributed by atoms with Gasteiger partial charge in [-0.1, -0.05) is 6.92 Å². The zero-order valence-electron chi connectivity index (χ0n) is 6.92. The van der Waals surface area contributed by atoms with E-state index in [9.17, 15) is 4.79 Å². The van der Waals surface area contributed by atoms with Crippen LogP contribution in [0.3, 0.4) is 0 Å². The Morgan fingerprint density at radius 3 is 2.50 bits per heavy atom. The Kier molecular flexibility index (Phi) is 4.72. The zero-order chi connectivity index (χ0) is 7.98. The molecule has 0 fully saturated rings. The van der Waals surface area contributed by atoms with Crippen LogP contribution in [0.1, 0.15) is 20.3 Å². The number of hydrogen-bond donors (Lipinski definition) is 0. The smallest absolute Gasteiger partial charge is 0.326 e. The van der Waals surface area contributed by atoms with Crippen molar-refractivity contribution in [1.29, 1.82) is 0 Å². The third-order valence-electron chi connectivity index (χ3n) is 1.18. The number of hydrogen-bond acceptors (Lipinski definition) is 1. The first-order valence-corrected chi connectivity index (χ1v) is 3.65. The van der Waals surface area contributed by atoms with Crippen LogP contribution < -0.4 is 5.32 Å². The molecule has 0 aromatic rings.